The largest absolute Gasteiger partial charge is 0.327 e. The van der Waals surface area contributed by atoms with Crippen molar-refractivity contribution in [2.45, 2.75) is 45.1 Å². The van der Waals surface area contributed by atoms with E-state index in [2.05, 4.69) is 10.3 Å². The molecule has 1 heterocycles. The van der Waals surface area contributed by atoms with Crippen LogP contribution in [0.5, 0.6) is 0 Å². The average Bonchev–Trinajstić information content (AvgIpc) is 2.59. The number of hydrogen-bond donors (Lipinski definition) is 2. The number of hydrogen-bond acceptors (Lipinski definition) is 4. The summed E-state index contributed by atoms with van der Waals surface area (Å²) in [5.74, 6) is 0.0536. The Morgan fingerprint density at radius 2 is 2.41 bits per heavy atom. The highest BCUT2D eigenvalue weighted by molar-refractivity contribution is 7.15. The van der Waals surface area contributed by atoms with Gasteiger partial charge in [0.25, 0.3) is 0 Å². The van der Waals surface area contributed by atoms with Crippen LogP contribution in [0.2, 0.25) is 0 Å². The van der Waals surface area contributed by atoms with Gasteiger partial charge >= 0.3 is 0 Å². The van der Waals surface area contributed by atoms with Crippen LogP contribution in [0, 0.1) is 0 Å². The molecule has 1 aromatic rings. The Morgan fingerprint density at radius 1 is 1.65 bits per heavy atom. The van der Waals surface area contributed by atoms with Crippen molar-refractivity contribution in [2.24, 2.45) is 5.73 Å². The number of anilines is 1. The summed E-state index contributed by atoms with van der Waals surface area (Å²) in [5, 5.41) is 3.58. The highest BCUT2D eigenvalue weighted by Gasteiger charge is 2.20. The second-order valence-corrected chi connectivity index (χ2v) is 5.27. The molecule has 1 aliphatic rings. The fourth-order valence-corrected chi connectivity index (χ4v) is 2.98. The average molecular weight is 276 g/mol. The number of amides is 1. The van der Waals surface area contributed by atoms with E-state index in [0.29, 0.717) is 6.42 Å². The summed E-state index contributed by atoms with van der Waals surface area (Å²) >= 11 is 1.57. The SMILES string of the molecule is CCCC(=O)Nc1nc2c(s1)C[C@@H](N)CC2.Cl. The normalized spacial score (nSPS) is 18.1. The number of nitrogens with zero attached hydrogens (tertiary/aromatic N) is 1. The molecular formula is C11H18ClN3OS. The van der Waals surface area contributed by atoms with Gasteiger partial charge in [0.05, 0.1) is 5.69 Å². The van der Waals surface area contributed by atoms with Crippen LogP contribution in [0.1, 0.15) is 36.8 Å². The molecule has 4 nitrogen and oxygen atoms in total. The number of halogens is 1. The van der Waals surface area contributed by atoms with Gasteiger partial charge < -0.3 is 11.1 Å². The maximum Gasteiger partial charge on any atom is 0.226 e. The highest BCUT2D eigenvalue weighted by Crippen LogP contribution is 2.29. The summed E-state index contributed by atoms with van der Waals surface area (Å²) in [6.07, 6.45) is 4.26. The summed E-state index contributed by atoms with van der Waals surface area (Å²) in [6.45, 7) is 1.99. The van der Waals surface area contributed by atoms with E-state index in [0.717, 1.165) is 36.5 Å². The van der Waals surface area contributed by atoms with Gasteiger partial charge in [-0.15, -0.1) is 23.7 Å². The van der Waals surface area contributed by atoms with E-state index in [1.165, 1.54) is 4.88 Å². The highest BCUT2D eigenvalue weighted by atomic mass is 35.5. The van der Waals surface area contributed by atoms with E-state index in [-0.39, 0.29) is 24.4 Å². The molecule has 2 rings (SSSR count). The topological polar surface area (TPSA) is 68.0 Å². The van der Waals surface area contributed by atoms with Gasteiger partial charge in [0.15, 0.2) is 5.13 Å². The Balaban J connectivity index is 0.00000144. The zero-order valence-electron chi connectivity index (χ0n) is 9.86. The molecule has 17 heavy (non-hydrogen) atoms. The van der Waals surface area contributed by atoms with Gasteiger partial charge in [-0.2, -0.15) is 0 Å². The summed E-state index contributed by atoms with van der Waals surface area (Å²) in [5.41, 5.74) is 7.02. The standard InChI is InChI=1S/C11H17N3OS.ClH/c1-2-3-10(15)14-11-13-8-5-4-7(12)6-9(8)16-11;/h7H,2-6,12H2,1H3,(H,13,14,15);1H/t7-;/m0./s1. The van der Waals surface area contributed by atoms with Gasteiger partial charge in [-0.3, -0.25) is 4.79 Å². The number of carbonyl (C=O) groups excluding carboxylic acids is 1. The maximum absolute atomic E-state index is 11.4. The predicted octanol–water partition coefficient (Wildman–Crippen LogP) is 2.12. The number of nitrogens with two attached hydrogens (primary N) is 1. The van der Waals surface area contributed by atoms with Gasteiger partial charge in [-0.25, -0.2) is 4.98 Å². The lowest BCUT2D eigenvalue weighted by Gasteiger charge is -2.15. The second kappa shape index (κ2) is 6.33. The van der Waals surface area contributed by atoms with Gasteiger partial charge in [0.2, 0.25) is 5.91 Å². The first-order valence-electron chi connectivity index (χ1n) is 5.73. The lowest BCUT2D eigenvalue weighted by atomic mass is 9.99. The van der Waals surface area contributed by atoms with Crippen molar-refractivity contribution in [3.63, 3.8) is 0 Å². The van der Waals surface area contributed by atoms with Crippen molar-refractivity contribution >= 4 is 34.8 Å². The molecule has 1 amide bonds. The van der Waals surface area contributed by atoms with Gasteiger partial charge in [-0.1, -0.05) is 6.92 Å². The second-order valence-electron chi connectivity index (χ2n) is 4.19. The van der Waals surface area contributed by atoms with Crippen LogP contribution in [0.25, 0.3) is 0 Å². The lowest BCUT2D eigenvalue weighted by Crippen LogP contribution is -2.27. The van der Waals surface area contributed by atoms with Crippen LogP contribution in [-0.2, 0) is 17.6 Å². The van der Waals surface area contributed by atoms with E-state index in [1.54, 1.807) is 11.3 Å². The Labute approximate surface area is 111 Å². The Kier molecular flexibility index (Phi) is 5.36. The van der Waals surface area contributed by atoms with Crippen LogP contribution >= 0.6 is 23.7 Å². The molecule has 1 atom stereocenters. The van der Waals surface area contributed by atoms with Gasteiger partial charge in [0.1, 0.15) is 0 Å². The molecule has 0 fully saturated rings. The van der Waals surface area contributed by atoms with E-state index in [9.17, 15) is 4.79 Å². The van der Waals surface area contributed by atoms with Crippen LogP contribution in [0.3, 0.4) is 0 Å². The third kappa shape index (κ3) is 3.66. The zero-order chi connectivity index (χ0) is 11.5. The van der Waals surface area contributed by atoms with E-state index in [4.69, 9.17) is 5.73 Å². The molecule has 96 valence electrons. The molecule has 0 saturated carbocycles. The Morgan fingerprint density at radius 3 is 3.12 bits per heavy atom. The third-order valence-corrected chi connectivity index (χ3v) is 3.74. The van der Waals surface area contributed by atoms with E-state index < -0.39 is 0 Å². The van der Waals surface area contributed by atoms with Crippen LogP contribution in [0.4, 0.5) is 5.13 Å². The fraction of sp³-hybridized carbons (Fsp3) is 0.636. The molecule has 0 spiro atoms. The lowest BCUT2D eigenvalue weighted by molar-refractivity contribution is -0.116. The molecule has 0 aromatic carbocycles. The molecule has 1 aromatic heterocycles. The van der Waals surface area contributed by atoms with Crippen molar-refractivity contribution in [1.29, 1.82) is 0 Å². The number of rotatable bonds is 3. The van der Waals surface area contributed by atoms with E-state index in [1.807, 2.05) is 6.92 Å². The third-order valence-electron chi connectivity index (χ3n) is 2.70. The van der Waals surface area contributed by atoms with Crippen LogP contribution in [-0.4, -0.2) is 16.9 Å². The van der Waals surface area contributed by atoms with Gasteiger partial charge in [0, 0.05) is 17.3 Å². The Bertz CT molecular complexity index is 394. The van der Waals surface area contributed by atoms with Crippen molar-refractivity contribution in [3.8, 4) is 0 Å². The maximum atomic E-state index is 11.4. The minimum Gasteiger partial charge on any atom is -0.327 e. The number of aryl methyl sites for hydroxylation is 1. The summed E-state index contributed by atoms with van der Waals surface area (Å²) in [7, 11) is 0. The number of thiazole rings is 1. The monoisotopic (exact) mass is 275 g/mol. The first kappa shape index (κ1) is 14.4. The molecule has 0 saturated heterocycles. The summed E-state index contributed by atoms with van der Waals surface area (Å²) in [4.78, 5) is 17.1. The van der Waals surface area contributed by atoms with Crippen LogP contribution in [0.15, 0.2) is 0 Å². The molecular weight excluding hydrogens is 258 g/mol. The number of carbonyl (C=O) groups is 1. The first-order valence-corrected chi connectivity index (χ1v) is 6.54. The molecule has 6 heteroatoms. The van der Waals surface area contributed by atoms with E-state index >= 15 is 0 Å². The van der Waals surface area contributed by atoms with Gasteiger partial charge in [-0.05, 0) is 25.7 Å². The molecule has 1 aliphatic carbocycles. The minimum absolute atomic E-state index is 0. The molecule has 0 radical (unpaired) electrons. The van der Waals surface area contributed by atoms with Crippen LogP contribution < -0.4 is 11.1 Å². The molecule has 3 N–H and O–H groups in total. The van der Waals surface area contributed by atoms with Crippen molar-refractivity contribution in [3.05, 3.63) is 10.6 Å². The number of aromatic nitrogens is 1. The van der Waals surface area contributed by atoms with Crippen molar-refractivity contribution in [2.75, 3.05) is 5.32 Å². The predicted molar refractivity (Wildman–Crippen MR) is 72.9 cm³/mol. The zero-order valence-corrected chi connectivity index (χ0v) is 11.5. The quantitative estimate of drug-likeness (QED) is 0.888. The molecule has 0 bridgehead atoms. The minimum atomic E-state index is 0. The fourth-order valence-electron chi connectivity index (χ4n) is 1.86. The Hall–Kier alpha value is -0.650. The molecule has 0 aliphatic heterocycles. The smallest absolute Gasteiger partial charge is 0.226 e. The van der Waals surface area contributed by atoms with Crippen molar-refractivity contribution in [1.82, 2.24) is 4.98 Å². The number of fused-ring (bicyclic) bond motifs is 1. The van der Waals surface area contributed by atoms with Crippen molar-refractivity contribution < 1.29 is 4.79 Å². The first-order chi connectivity index (χ1) is 7.69. The molecule has 0 unspecified atom stereocenters. The number of nitrogens with one attached hydrogen (secondary N) is 1. The summed E-state index contributed by atoms with van der Waals surface area (Å²) < 4.78 is 0. The summed E-state index contributed by atoms with van der Waals surface area (Å²) in [6, 6.07) is 0.257.